The molecule has 0 aliphatic rings. The van der Waals surface area contributed by atoms with E-state index in [9.17, 15) is 0 Å². The Morgan fingerprint density at radius 1 is 1.07 bits per heavy atom. The first-order valence-electron chi connectivity index (χ1n) is 5.82. The molecule has 0 atom stereocenters. The van der Waals surface area contributed by atoms with E-state index in [0.29, 0.717) is 5.41 Å². The van der Waals surface area contributed by atoms with Crippen molar-refractivity contribution >= 4 is 8.07 Å². The molecule has 2 N–H and O–H groups in total. The third-order valence-electron chi connectivity index (χ3n) is 2.19. The Morgan fingerprint density at radius 2 is 1.43 bits per heavy atom. The van der Waals surface area contributed by atoms with Crippen molar-refractivity contribution < 1.29 is 0 Å². The molecule has 2 heteroatoms. The van der Waals surface area contributed by atoms with Crippen LogP contribution in [-0.2, 0) is 0 Å². The first-order chi connectivity index (χ1) is 6.12. The van der Waals surface area contributed by atoms with Gasteiger partial charge in [0.25, 0.3) is 0 Å². The Bertz CT molecular complexity index is 119. The average Bonchev–Trinajstić information content (AvgIpc) is 1.99. The van der Waals surface area contributed by atoms with Gasteiger partial charge < -0.3 is 5.73 Å². The Balaban J connectivity index is 0. The highest BCUT2D eigenvalue weighted by atomic mass is 28.3. The van der Waals surface area contributed by atoms with Gasteiger partial charge in [-0.2, -0.15) is 0 Å². The normalized spacial score (nSPS) is 12.0. The van der Waals surface area contributed by atoms with Gasteiger partial charge >= 0.3 is 0 Å². The summed E-state index contributed by atoms with van der Waals surface area (Å²) in [5, 5.41) is 0. The molecule has 0 aliphatic heterocycles. The number of hydrogen-bond acceptors (Lipinski definition) is 1. The van der Waals surface area contributed by atoms with Gasteiger partial charge in [-0.15, -0.1) is 0 Å². The molecule has 0 radical (unpaired) electrons. The number of nitrogens with two attached hydrogens (primary N) is 1. The lowest BCUT2D eigenvalue weighted by Gasteiger charge is -2.16. The zero-order valence-electron chi connectivity index (χ0n) is 11.4. The fourth-order valence-electron chi connectivity index (χ4n) is 0.632. The molecule has 0 spiro atoms. The lowest BCUT2D eigenvalue weighted by Crippen LogP contribution is -2.16. The molecule has 0 saturated heterocycles. The maximum atomic E-state index is 5.34. The van der Waals surface area contributed by atoms with Gasteiger partial charge in [-0.1, -0.05) is 53.4 Å². The van der Waals surface area contributed by atoms with E-state index >= 15 is 0 Å². The van der Waals surface area contributed by atoms with Crippen LogP contribution in [0.15, 0.2) is 0 Å². The van der Waals surface area contributed by atoms with Crippen molar-refractivity contribution in [2.45, 2.75) is 66.2 Å². The van der Waals surface area contributed by atoms with Crippen LogP contribution in [0.1, 0.15) is 40.5 Å². The standard InChI is InChI=1S/C7H17N.C5H14Si/c1-7(2,3)5-4-6-8;1-5-6(2,3)4/h4-6,8H2,1-3H3;5H2,1-4H3. The molecule has 88 valence electrons. The molecule has 0 aromatic carbocycles. The lowest BCUT2D eigenvalue weighted by atomic mass is 9.91. The van der Waals surface area contributed by atoms with Crippen molar-refractivity contribution in [2.24, 2.45) is 11.1 Å². The molecule has 0 aromatic rings. The van der Waals surface area contributed by atoms with Gasteiger partial charge in [-0.25, -0.2) is 0 Å². The van der Waals surface area contributed by atoms with Gasteiger partial charge in [-0.05, 0) is 24.8 Å². The van der Waals surface area contributed by atoms with Crippen molar-refractivity contribution in [1.82, 2.24) is 0 Å². The van der Waals surface area contributed by atoms with Crippen LogP contribution >= 0.6 is 0 Å². The van der Waals surface area contributed by atoms with Crippen LogP contribution in [0, 0.1) is 5.41 Å². The predicted molar refractivity (Wildman–Crippen MR) is 71.6 cm³/mol. The zero-order valence-corrected chi connectivity index (χ0v) is 12.4. The second-order valence-electron chi connectivity index (χ2n) is 6.37. The van der Waals surface area contributed by atoms with E-state index in [1.54, 1.807) is 0 Å². The van der Waals surface area contributed by atoms with E-state index in [2.05, 4.69) is 47.3 Å². The minimum absolute atomic E-state index is 0.472. The first kappa shape index (κ1) is 16.6. The SMILES string of the molecule is CC(C)(C)CCCN.CC[Si](C)(C)C. The molecule has 0 bridgehead atoms. The van der Waals surface area contributed by atoms with Crippen molar-refractivity contribution in [3.63, 3.8) is 0 Å². The Hall–Kier alpha value is 0.177. The van der Waals surface area contributed by atoms with Crippen LogP contribution in [0.2, 0.25) is 25.7 Å². The summed E-state index contributed by atoms with van der Waals surface area (Å²) in [5.74, 6) is 0. The van der Waals surface area contributed by atoms with Crippen LogP contribution in [0.25, 0.3) is 0 Å². The highest BCUT2D eigenvalue weighted by Crippen LogP contribution is 2.19. The minimum atomic E-state index is -0.631. The fraction of sp³-hybridized carbons (Fsp3) is 1.00. The molecule has 0 heterocycles. The van der Waals surface area contributed by atoms with Gasteiger partial charge in [0.2, 0.25) is 0 Å². The number of rotatable bonds is 3. The van der Waals surface area contributed by atoms with Crippen LogP contribution in [0.3, 0.4) is 0 Å². The largest absolute Gasteiger partial charge is 0.330 e. The van der Waals surface area contributed by atoms with E-state index in [1.807, 2.05) is 0 Å². The highest BCUT2D eigenvalue weighted by molar-refractivity contribution is 6.75. The second-order valence-corrected chi connectivity index (χ2v) is 12.2. The van der Waals surface area contributed by atoms with Gasteiger partial charge in [-0.3, -0.25) is 0 Å². The summed E-state index contributed by atoms with van der Waals surface area (Å²) in [6.45, 7) is 17.0. The molecule has 0 saturated carbocycles. The van der Waals surface area contributed by atoms with Crippen molar-refractivity contribution in [3.05, 3.63) is 0 Å². The first-order valence-corrected chi connectivity index (χ1v) is 9.53. The summed E-state index contributed by atoms with van der Waals surface area (Å²) in [6.07, 6.45) is 2.40. The van der Waals surface area contributed by atoms with Crippen LogP contribution in [0.5, 0.6) is 0 Å². The smallest absolute Gasteiger partial charge is 0.0439 e. The average molecular weight is 217 g/mol. The van der Waals surface area contributed by atoms with Crippen LogP contribution in [-0.4, -0.2) is 14.6 Å². The van der Waals surface area contributed by atoms with Crippen LogP contribution < -0.4 is 5.73 Å². The highest BCUT2D eigenvalue weighted by Gasteiger charge is 2.07. The molecular formula is C12H31NSi. The Morgan fingerprint density at radius 3 is 1.50 bits per heavy atom. The Labute approximate surface area is 92.5 Å². The molecule has 1 nitrogen and oxygen atoms in total. The summed E-state index contributed by atoms with van der Waals surface area (Å²) in [5.41, 5.74) is 5.81. The van der Waals surface area contributed by atoms with Crippen molar-refractivity contribution in [3.8, 4) is 0 Å². The molecule has 14 heavy (non-hydrogen) atoms. The van der Waals surface area contributed by atoms with Crippen LogP contribution in [0.4, 0.5) is 0 Å². The summed E-state index contributed by atoms with van der Waals surface area (Å²) < 4.78 is 0. The molecule has 0 unspecified atom stereocenters. The monoisotopic (exact) mass is 217 g/mol. The van der Waals surface area contributed by atoms with Gasteiger partial charge in [0.1, 0.15) is 0 Å². The van der Waals surface area contributed by atoms with E-state index < -0.39 is 8.07 Å². The molecule has 0 aliphatic carbocycles. The molecule has 0 aromatic heterocycles. The van der Waals surface area contributed by atoms with Crippen molar-refractivity contribution in [2.75, 3.05) is 6.54 Å². The topological polar surface area (TPSA) is 26.0 Å². The molecular weight excluding hydrogens is 186 g/mol. The van der Waals surface area contributed by atoms with Gasteiger partial charge in [0.05, 0.1) is 0 Å². The van der Waals surface area contributed by atoms with Crippen molar-refractivity contribution in [1.29, 1.82) is 0 Å². The van der Waals surface area contributed by atoms with E-state index in [4.69, 9.17) is 5.73 Å². The van der Waals surface area contributed by atoms with E-state index in [0.717, 1.165) is 13.0 Å². The van der Waals surface area contributed by atoms with Gasteiger partial charge in [0.15, 0.2) is 0 Å². The fourth-order valence-corrected chi connectivity index (χ4v) is 0.632. The summed E-state index contributed by atoms with van der Waals surface area (Å²) in [4.78, 5) is 0. The summed E-state index contributed by atoms with van der Waals surface area (Å²) >= 11 is 0. The lowest BCUT2D eigenvalue weighted by molar-refractivity contribution is 0.368. The number of hydrogen-bond donors (Lipinski definition) is 1. The minimum Gasteiger partial charge on any atom is -0.330 e. The molecule has 0 fully saturated rings. The second kappa shape index (κ2) is 7.47. The van der Waals surface area contributed by atoms with E-state index in [1.165, 1.54) is 12.5 Å². The van der Waals surface area contributed by atoms with Gasteiger partial charge in [0, 0.05) is 8.07 Å². The zero-order chi connectivity index (χ0) is 11.8. The summed E-state index contributed by atoms with van der Waals surface area (Å²) in [6, 6.07) is 1.41. The Kier molecular flexibility index (Phi) is 8.85. The third kappa shape index (κ3) is 22.8. The molecule has 0 amide bonds. The summed E-state index contributed by atoms with van der Waals surface area (Å²) in [7, 11) is -0.631. The maximum absolute atomic E-state index is 5.34. The quantitative estimate of drug-likeness (QED) is 0.707. The predicted octanol–water partition coefficient (Wildman–Crippen LogP) is 4.12. The third-order valence-corrected chi connectivity index (χ3v) is 4.31. The van der Waals surface area contributed by atoms with E-state index in [-0.39, 0.29) is 0 Å². The molecule has 0 rings (SSSR count). The maximum Gasteiger partial charge on any atom is 0.0439 e.